The van der Waals surface area contributed by atoms with E-state index in [0.717, 1.165) is 11.0 Å². The van der Waals surface area contributed by atoms with Gasteiger partial charge in [0.05, 0.1) is 23.9 Å². The zero-order chi connectivity index (χ0) is 13.9. The molecule has 1 heterocycles. The first kappa shape index (κ1) is 12.5. The van der Waals surface area contributed by atoms with E-state index in [1.54, 1.807) is 29.1 Å². The molecule has 0 saturated heterocycles. The van der Waals surface area contributed by atoms with Gasteiger partial charge in [0.15, 0.2) is 5.78 Å². The molecule has 4 heteroatoms. The van der Waals surface area contributed by atoms with Gasteiger partial charge < -0.3 is 4.57 Å². The fourth-order valence-corrected chi connectivity index (χ4v) is 2.24. The quantitative estimate of drug-likeness (QED) is 0.729. The number of aromatic nitrogens is 2. The summed E-state index contributed by atoms with van der Waals surface area (Å²) in [5, 5.41) is 0. The Balaban J connectivity index is 1.78. The number of para-hydroxylation sites is 2. The van der Waals surface area contributed by atoms with Crippen molar-refractivity contribution in [2.45, 2.75) is 13.0 Å². The maximum atomic E-state index is 13.5. The zero-order valence-corrected chi connectivity index (χ0v) is 10.8. The van der Waals surface area contributed by atoms with E-state index in [4.69, 9.17) is 0 Å². The maximum absolute atomic E-state index is 13.5. The topological polar surface area (TPSA) is 34.9 Å². The van der Waals surface area contributed by atoms with Crippen LogP contribution in [0.25, 0.3) is 11.0 Å². The van der Waals surface area contributed by atoms with Crippen molar-refractivity contribution in [2.75, 3.05) is 0 Å². The fourth-order valence-electron chi connectivity index (χ4n) is 2.24. The standard InChI is InChI=1S/C16H13FN2O/c17-14-6-2-1-5-12(14)9-13(20)10-19-11-18-15-7-3-4-8-16(15)19/h1-8,11H,9-10H2. The second-order valence-electron chi connectivity index (χ2n) is 4.67. The first-order valence-electron chi connectivity index (χ1n) is 6.39. The molecule has 3 nitrogen and oxygen atoms in total. The van der Waals surface area contributed by atoms with Gasteiger partial charge in [-0.2, -0.15) is 0 Å². The number of ketones is 1. The number of halogens is 1. The van der Waals surface area contributed by atoms with Crippen molar-refractivity contribution >= 4 is 16.8 Å². The number of nitrogens with zero attached hydrogens (tertiary/aromatic N) is 2. The molecule has 0 aliphatic carbocycles. The molecule has 0 aliphatic heterocycles. The molecule has 0 radical (unpaired) electrons. The smallest absolute Gasteiger partial charge is 0.157 e. The number of carbonyl (C=O) groups is 1. The zero-order valence-electron chi connectivity index (χ0n) is 10.8. The van der Waals surface area contributed by atoms with Crippen LogP contribution in [0.1, 0.15) is 5.56 Å². The Morgan fingerprint density at radius 3 is 2.70 bits per heavy atom. The van der Waals surface area contributed by atoms with Gasteiger partial charge in [-0.1, -0.05) is 30.3 Å². The molecule has 0 bridgehead atoms. The molecule has 3 aromatic rings. The van der Waals surface area contributed by atoms with Gasteiger partial charge in [-0.25, -0.2) is 9.37 Å². The molecule has 100 valence electrons. The predicted molar refractivity (Wildman–Crippen MR) is 74.8 cm³/mol. The van der Waals surface area contributed by atoms with Gasteiger partial charge in [-0.15, -0.1) is 0 Å². The minimum Gasteiger partial charge on any atom is -0.323 e. The Hall–Kier alpha value is -2.49. The van der Waals surface area contributed by atoms with Crippen LogP contribution >= 0.6 is 0 Å². The number of Topliss-reactive ketones (excluding diaryl/α,β-unsaturated/α-hetero) is 1. The van der Waals surface area contributed by atoms with E-state index in [0.29, 0.717) is 5.56 Å². The molecule has 0 unspecified atom stereocenters. The molecule has 0 fully saturated rings. The van der Waals surface area contributed by atoms with Crippen molar-refractivity contribution in [1.29, 1.82) is 0 Å². The highest BCUT2D eigenvalue weighted by Gasteiger charge is 2.10. The van der Waals surface area contributed by atoms with E-state index in [2.05, 4.69) is 4.98 Å². The summed E-state index contributed by atoms with van der Waals surface area (Å²) in [7, 11) is 0. The molecule has 2 aromatic carbocycles. The highest BCUT2D eigenvalue weighted by atomic mass is 19.1. The summed E-state index contributed by atoms with van der Waals surface area (Å²) in [6.07, 6.45) is 1.74. The van der Waals surface area contributed by atoms with Crippen LogP contribution in [0.5, 0.6) is 0 Å². The third-order valence-corrected chi connectivity index (χ3v) is 3.22. The Labute approximate surface area is 115 Å². The summed E-state index contributed by atoms with van der Waals surface area (Å²) in [4.78, 5) is 16.3. The number of imidazole rings is 1. The second-order valence-corrected chi connectivity index (χ2v) is 4.67. The number of hydrogen-bond acceptors (Lipinski definition) is 2. The molecule has 20 heavy (non-hydrogen) atoms. The van der Waals surface area contributed by atoms with Gasteiger partial charge in [0, 0.05) is 6.42 Å². The number of hydrogen-bond donors (Lipinski definition) is 0. The molecule has 0 spiro atoms. The Morgan fingerprint density at radius 1 is 1.10 bits per heavy atom. The summed E-state index contributed by atoms with van der Waals surface area (Å²) in [5.41, 5.74) is 2.20. The average molecular weight is 268 g/mol. The van der Waals surface area contributed by atoms with Crippen LogP contribution in [0, 0.1) is 5.82 Å². The first-order valence-corrected chi connectivity index (χ1v) is 6.39. The van der Waals surface area contributed by atoms with Crippen LogP contribution in [0.15, 0.2) is 54.9 Å². The third kappa shape index (κ3) is 2.45. The lowest BCUT2D eigenvalue weighted by Gasteiger charge is -2.05. The molecule has 1 aromatic heterocycles. The maximum Gasteiger partial charge on any atom is 0.157 e. The van der Waals surface area contributed by atoms with Crippen molar-refractivity contribution in [2.24, 2.45) is 0 Å². The minimum absolute atomic E-state index is 0.0433. The number of fused-ring (bicyclic) bond motifs is 1. The normalized spacial score (nSPS) is 10.8. The number of rotatable bonds is 4. The summed E-state index contributed by atoms with van der Waals surface area (Å²) in [5.74, 6) is -0.380. The van der Waals surface area contributed by atoms with Crippen LogP contribution in [-0.4, -0.2) is 15.3 Å². The number of carbonyl (C=O) groups excluding carboxylic acids is 1. The van der Waals surface area contributed by atoms with Gasteiger partial charge in [-0.3, -0.25) is 4.79 Å². The summed E-state index contributed by atoms with van der Waals surface area (Å²) in [6, 6.07) is 14.0. The molecule has 0 amide bonds. The highest BCUT2D eigenvalue weighted by molar-refractivity contribution is 5.83. The van der Waals surface area contributed by atoms with Crippen LogP contribution in [-0.2, 0) is 17.8 Å². The number of benzene rings is 2. The van der Waals surface area contributed by atoms with Crippen molar-refractivity contribution in [3.05, 3.63) is 66.2 Å². The highest BCUT2D eigenvalue weighted by Crippen LogP contribution is 2.13. The molecular formula is C16H13FN2O. The lowest BCUT2D eigenvalue weighted by atomic mass is 10.1. The lowest BCUT2D eigenvalue weighted by Crippen LogP contribution is -2.12. The molecule has 3 rings (SSSR count). The minimum atomic E-state index is -0.337. The molecule has 0 N–H and O–H groups in total. The van der Waals surface area contributed by atoms with Gasteiger partial charge in [0.2, 0.25) is 0 Å². The average Bonchev–Trinajstić information content (AvgIpc) is 2.85. The summed E-state index contributed by atoms with van der Waals surface area (Å²) < 4.78 is 15.3. The second kappa shape index (κ2) is 5.25. The Morgan fingerprint density at radius 2 is 1.85 bits per heavy atom. The van der Waals surface area contributed by atoms with Crippen molar-refractivity contribution in [1.82, 2.24) is 9.55 Å². The molecular weight excluding hydrogens is 255 g/mol. The van der Waals surface area contributed by atoms with Gasteiger partial charge in [-0.05, 0) is 23.8 Å². The predicted octanol–water partition coefficient (Wildman–Crippen LogP) is 2.99. The Bertz CT molecular complexity index is 764. The van der Waals surface area contributed by atoms with Crippen LogP contribution in [0.4, 0.5) is 4.39 Å². The van der Waals surface area contributed by atoms with Crippen molar-refractivity contribution < 1.29 is 9.18 Å². The summed E-state index contributed by atoms with van der Waals surface area (Å²) >= 11 is 0. The van der Waals surface area contributed by atoms with Crippen molar-refractivity contribution in [3.63, 3.8) is 0 Å². The SMILES string of the molecule is O=C(Cc1ccccc1F)Cn1cnc2ccccc21. The van der Waals surface area contributed by atoms with E-state index in [-0.39, 0.29) is 24.6 Å². The van der Waals surface area contributed by atoms with Gasteiger partial charge >= 0.3 is 0 Å². The van der Waals surface area contributed by atoms with Gasteiger partial charge in [0.25, 0.3) is 0 Å². The van der Waals surface area contributed by atoms with Crippen LogP contribution in [0.2, 0.25) is 0 Å². The van der Waals surface area contributed by atoms with Crippen LogP contribution < -0.4 is 0 Å². The Kier molecular flexibility index (Phi) is 3.29. The van der Waals surface area contributed by atoms with E-state index < -0.39 is 0 Å². The fraction of sp³-hybridized carbons (Fsp3) is 0.125. The van der Waals surface area contributed by atoms with E-state index in [1.807, 2.05) is 24.3 Å². The van der Waals surface area contributed by atoms with Gasteiger partial charge in [0.1, 0.15) is 5.82 Å². The third-order valence-electron chi connectivity index (χ3n) is 3.22. The van der Waals surface area contributed by atoms with E-state index in [1.165, 1.54) is 6.07 Å². The molecule has 0 atom stereocenters. The largest absolute Gasteiger partial charge is 0.323 e. The van der Waals surface area contributed by atoms with Crippen LogP contribution in [0.3, 0.4) is 0 Å². The first-order chi connectivity index (χ1) is 9.74. The lowest BCUT2D eigenvalue weighted by molar-refractivity contribution is -0.119. The monoisotopic (exact) mass is 268 g/mol. The van der Waals surface area contributed by atoms with Crippen molar-refractivity contribution in [3.8, 4) is 0 Å². The van der Waals surface area contributed by atoms with E-state index in [9.17, 15) is 9.18 Å². The van der Waals surface area contributed by atoms with E-state index >= 15 is 0 Å². The molecule has 0 saturated carbocycles. The molecule has 0 aliphatic rings. The summed E-state index contributed by atoms with van der Waals surface area (Å²) in [6.45, 7) is 0.203.